The van der Waals surface area contributed by atoms with E-state index in [1.54, 1.807) is 38.5 Å². The van der Waals surface area contributed by atoms with Gasteiger partial charge < -0.3 is 19.7 Å². The number of carbonyl (C=O) groups excluding carboxylic acids is 1. The van der Waals surface area contributed by atoms with Crippen LogP contribution in [-0.2, 0) is 21.2 Å². The molecule has 2 N–H and O–H groups in total. The highest BCUT2D eigenvalue weighted by atomic mass is 32.2. The van der Waals surface area contributed by atoms with E-state index in [0.29, 0.717) is 29.3 Å². The van der Waals surface area contributed by atoms with E-state index in [1.165, 1.54) is 12.1 Å². The van der Waals surface area contributed by atoms with Gasteiger partial charge in [-0.25, -0.2) is 13.1 Å². The van der Waals surface area contributed by atoms with E-state index in [-0.39, 0.29) is 17.3 Å². The number of benzene rings is 3. The minimum Gasteiger partial charge on any atom is -0.493 e. The van der Waals surface area contributed by atoms with Crippen molar-refractivity contribution in [3.8, 4) is 11.5 Å². The molecule has 0 spiro atoms. The summed E-state index contributed by atoms with van der Waals surface area (Å²) >= 11 is 0. The first-order valence-corrected chi connectivity index (χ1v) is 14.0. The van der Waals surface area contributed by atoms with Gasteiger partial charge in [-0.15, -0.1) is 0 Å². The van der Waals surface area contributed by atoms with Crippen molar-refractivity contribution in [2.24, 2.45) is 0 Å². The lowest BCUT2D eigenvalue weighted by Gasteiger charge is -2.22. The van der Waals surface area contributed by atoms with Gasteiger partial charge in [0, 0.05) is 31.4 Å². The molecule has 0 saturated carbocycles. The van der Waals surface area contributed by atoms with Crippen molar-refractivity contribution in [3.05, 3.63) is 83.9 Å². The van der Waals surface area contributed by atoms with E-state index in [0.717, 1.165) is 37.1 Å². The summed E-state index contributed by atoms with van der Waals surface area (Å²) < 4.78 is 40.3. The minimum atomic E-state index is -3.86. The van der Waals surface area contributed by atoms with E-state index in [2.05, 4.69) is 14.9 Å². The van der Waals surface area contributed by atoms with Gasteiger partial charge in [-0.3, -0.25) is 4.79 Å². The first kappa shape index (κ1) is 27.2. The Morgan fingerprint density at radius 2 is 1.68 bits per heavy atom. The van der Waals surface area contributed by atoms with Gasteiger partial charge in [0.05, 0.1) is 19.9 Å². The van der Waals surface area contributed by atoms with Crippen molar-refractivity contribution >= 4 is 33.4 Å². The quantitative estimate of drug-likeness (QED) is 0.352. The van der Waals surface area contributed by atoms with Gasteiger partial charge in [-0.1, -0.05) is 36.4 Å². The third-order valence-corrected chi connectivity index (χ3v) is 7.83. The van der Waals surface area contributed by atoms with Crippen molar-refractivity contribution in [2.45, 2.75) is 24.2 Å². The topological polar surface area (TPSA) is 97.0 Å². The van der Waals surface area contributed by atoms with Crippen LogP contribution in [0.5, 0.6) is 11.5 Å². The number of methoxy groups -OCH3 is 2. The van der Waals surface area contributed by atoms with Gasteiger partial charge in [0.1, 0.15) is 4.90 Å². The van der Waals surface area contributed by atoms with Crippen LogP contribution in [-0.4, -0.2) is 48.2 Å². The summed E-state index contributed by atoms with van der Waals surface area (Å²) in [6.07, 6.45) is 5.63. The second-order valence-corrected chi connectivity index (χ2v) is 10.7. The number of anilines is 2. The zero-order chi connectivity index (χ0) is 27.0. The number of rotatable bonds is 11. The molecule has 4 rings (SSSR count). The number of ether oxygens (including phenoxy) is 2. The van der Waals surface area contributed by atoms with Crippen molar-refractivity contribution < 1.29 is 22.7 Å². The second kappa shape index (κ2) is 12.6. The van der Waals surface area contributed by atoms with E-state index in [4.69, 9.17) is 9.47 Å². The summed E-state index contributed by atoms with van der Waals surface area (Å²) in [5.41, 5.74) is 2.86. The Morgan fingerprint density at radius 3 is 2.39 bits per heavy atom. The molecule has 0 unspecified atom stereocenters. The molecule has 0 radical (unpaired) electrons. The normalized spacial score (nSPS) is 13.6. The molecule has 1 fully saturated rings. The molecule has 0 atom stereocenters. The number of sulfonamides is 1. The van der Waals surface area contributed by atoms with Gasteiger partial charge in [0.15, 0.2) is 11.5 Å². The third-order valence-electron chi connectivity index (χ3n) is 6.34. The van der Waals surface area contributed by atoms with Crippen LogP contribution >= 0.6 is 0 Å². The number of nitrogens with one attached hydrogen (secondary N) is 2. The average Bonchev–Trinajstić information content (AvgIpc) is 3.47. The number of hydrogen-bond donors (Lipinski definition) is 2. The predicted molar refractivity (Wildman–Crippen MR) is 150 cm³/mol. The molecule has 200 valence electrons. The average molecular weight is 536 g/mol. The molecule has 3 aromatic carbocycles. The minimum absolute atomic E-state index is 0.150. The molecule has 9 heteroatoms. The van der Waals surface area contributed by atoms with Gasteiger partial charge in [-0.05, 0) is 66.8 Å². The van der Waals surface area contributed by atoms with Crippen LogP contribution in [0, 0.1) is 0 Å². The molecule has 8 nitrogen and oxygen atoms in total. The highest BCUT2D eigenvalue weighted by Crippen LogP contribution is 2.31. The molecule has 1 aliphatic rings. The number of hydrogen-bond acceptors (Lipinski definition) is 6. The highest BCUT2D eigenvalue weighted by Gasteiger charge is 2.24. The molecule has 1 amide bonds. The highest BCUT2D eigenvalue weighted by molar-refractivity contribution is 7.89. The summed E-state index contributed by atoms with van der Waals surface area (Å²) in [5, 5.41) is 2.79. The standard InChI is InChI=1S/C29H33N3O5S/c1-36-26-14-10-23(20-27(26)37-2)16-17-30-38(34,35)28-21-24(12-13-25(28)32-18-6-7-19-32)31-29(33)15-11-22-8-4-3-5-9-22/h3-5,8-15,20-21,30H,6-7,16-19H2,1-2H3,(H,31,33)/b15-11+. The lowest BCUT2D eigenvalue weighted by Crippen LogP contribution is -2.29. The molecule has 3 aromatic rings. The van der Waals surface area contributed by atoms with Crippen molar-refractivity contribution in [2.75, 3.05) is 44.1 Å². The van der Waals surface area contributed by atoms with E-state index in [9.17, 15) is 13.2 Å². The zero-order valence-corrected chi connectivity index (χ0v) is 22.5. The molecule has 38 heavy (non-hydrogen) atoms. The first-order chi connectivity index (χ1) is 18.4. The van der Waals surface area contributed by atoms with Crippen LogP contribution in [0.3, 0.4) is 0 Å². The maximum atomic E-state index is 13.5. The summed E-state index contributed by atoms with van der Waals surface area (Å²) in [5.74, 6) is 0.867. The second-order valence-electron chi connectivity index (χ2n) is 8.95. The summed E-state index contributed by atoms with van der Waals surface area (Å²) in [7, 11) is -0.725. The third kappa shape index (κ3) is 6.93. The smallest absolute Gasteiger partial charge is 0.248 e. The predicted octanol–water partition coefficient (Wildman–Crippen LogP) is 4.48. The Kier molecular flexibility index (Phi) is 9.04. The van der Waals surface area contributed by atoms with Crippen LogP contribution in [0.15, 0.2) is 77.7 Å². The lowest BCUT2D eigenvalue weighted by atomic mass is 10.1. The summed E-state index contributed by atoms with van der Waals surface area (Å²) in [6, 6.07) is 20.0. The van der Waals surface area contributed by atoms with E-state index >= 15 is 0 Å². The van der Waals surface area contributed by atoms with Gasteiger partial charge in [-0.2, -0.15) is 0 Å². The lowest BCUT2D eigenvalue weighted by molar-refractivity contribution is -0.111. The van der Waals surface area contributed by atoms with Gasteiger partial charge in [0.25, 0.3) is 0 Å². The molecular formula is C29H33N3O5S. The van der Waals surface area contributed by atoms with E-state index < -0.39 is 10.0 Å². The van der Waals surface area contributed by atoms with E-state index in [1.807, 2.05) is 42.5 Å². The fourth-order valence-corrected chi connectivity index (χ4v) is 5.67. The fraction of sp³-hybridized carbons (Fsp3) is 0.276. The first-order valence-electron chi connectivity index (χ1n) is 12.5. The fourth-order valence-electron chi connectivity index (χ4n) is 4.39. The van der Waals surface area contributed by atoms with Crippen molar-refractivity contribution in [1.82, 2.24) is 4.72 Å². The summed E-state index contributed by atoms with van der Waals surface area (Å²) in [6.45, 7) is 1.78. The molecule has 0 aromatic heterocycles. The molecule has 0 bridgehead atoms. The van der Waals surface area contributed by atoms with Crippen molar-refractivity contribution in [3.63, 3.8) is 0 Å². The number of nitrogens with zero attached hydrogens (tertiary/aromatic N) is 1. The monoisotopic (exact) mass is 535 g/mol. The Hall–Kier alpha value is -3.82. The Balaban J connectivity index is 1.50. The molecule has 0 aliphatic carbocycles. The Bertz CT molecular complexity index is 1380. The zero-order valence-electron chi connectivity index (χ0n) is 21.6. The summed E-state index contributed by atoms with van der Waals surface area (Å²) in [4.78, 5) is 14.7. The van der Waals surface area contributed by atoms with Crippen LogP contribution in [0.1, 0.15) is 24.0 Å². The van der Waals surface area contributed by atoms with Crippen LogP contribution in [0.4, 0.5) is 11.4 Å². The van der Waals surface area contributed by atoms with Crippen LogP contribution in [0.2, 0.25) is 0 Å². The molecule has 1 saturated heterocycles. The van der Waals surface area contributed by atoms with Gasteiger partial charge >= 0.3 is 0 Å². The largest absolute Gasteiger partial charge is 0.493 e. The number of carbonyl (C=O) groups is 1. The SMILES string of the molecule is COc1ccc(CCNS(=O)(=O)c2cc(NC(=O)/C=C/c3ccccc3)ccc2N2CCCC2)cc1OC. The van der Waals surface area contributed by atoms with Crippen LogP contribution < -0.4 is 24.4 Å². The molecular weight excluding hydrogens is 502 g/mol. The Labute approximate surface area is 224 Å². The maximum Gasteiger partial charge on any atom is 0.248 e. The maximum absolute atomic E-state index is 13.5. The van der Waals surface area contributed by atoms with Crippen LogP contribution in [0.25, 0.3) is 6.08 Å². The van der Waals surface area contributed by atoms with Gasteiger partial charge in [0.2, 0.25) is 15.9 Å². The Morgan fingerprint density at radius 1 is 0.947 bits per heavy atom. The molecule has 1 aliphatic heterocycles. The molecule has 1 heterocycles. The van der Waals surface area contributed by atoms with Crippen molar-refractivity contribution in [1.29, 1.82) is 0 Å². The number of amides is 1.